The molecule has 0 unspecified atom stereocenters. The molecule has 4 rings (SSSR count). The lowest BCUT2D eigenvalue weighted by molar-refractivity contribution is -0.0214. The maximum absolute atomic E-state index is 12.7. The zero-order valence-electron chi connectivity index (χ0n) is 15.7. The van der Waals surface area contributed by atoms with Gasteiger partial charge in [-0.15, -0.1) is 11.8 Å². The number of ether oxygens (including phenoxy) is 3. The molecule has 1 N–H and O–H groups in total. The Morgan fingerprint density at radius 2 is 1.96 bits per heavy atom. The molecule has 2 atom stereocenters. The number of carbonyl (C=O) groups is 1. The van der Waals surface area contributed by atoms with Gasteiger partial charge in [0.2, 0.25) is 5.75 Å². The van der Waals surface area contributed by atoms with Gasteiger partial charge in [0, 0.05) is 23.4 Å². The normalized spacial score (nSPS) is 21.3. The number of hydrogen-bond acceptors (Lipinski definition) is 6. The summed E-state index contributed by atoms with van der Waals surface area (Å²) in [6.45, 7) is 1.74. The standard InChI is InChI=1S/C21H23NO5S/c1-28-15-7-5-14(6-8-15)21(24)22-10-9-17(16(23)13-22)27-19-4-2-3-18-20(19)26-12-11-25-18/h2-8,16-17,23H,9-13H2,1H3/t16-,17-/m1/s1. The number of rotatable bonds is 4. The third kappa shape index (κ3) is 3.91. The van der Waals surface area contributed by atoms with Gasteiger partial charge in [-0.1, -0.05) is 6.07 Å². The van der Waals surface area contributed by atoms with Gasteiger partial charge in [0.05, 0.1) is 6.54 Å². The smallest absolute Gasteiger partial charge is 0.253 e. The number of amides is 1. The van der Waals surface area contributed by atoms with Crippen LogP contribution in [0.25, 0.3) is 0 Å². The minimum atomic E-state index is -0.775. The van der Waals surface area contributed by atoms with Crippen molar-refractivity contribution in [1.29, 1.82) is 0 Å². The zero-order valence-corrected chi connectivity index (χ0v) is 16.5. The fourth-order valence-electron chi connectivity index (χ4n) is 3.45. The number of carbonyl (C=O) groups excluding carboxylic acids is 1. The molecule has 6 nitrogen and oxygen atoms in total. The molecule has 2 aliphatic heterocycles. The Balaban J connectivity index is 1.41. The van der Waals surface area contributed by atoms with Gasteiger partial charge in [0.1, 0.15) is 25.4 Å². The summed E-state index contributed by atoms with van der Waals surface area (Å²) in [5.41, 5.74) is 0.632. The van der Waals surface area contributed by atoms with E-state index in [0.29, 0.717) is 49.0 Å². The number of fused-ring (bicyclic) bond motifs is 1. The minimum Gasteiger partial charge on any atom is -0.486 e. The topological polar surface area (TPSA) is 68.2 Å². The van der Waals surface area contributed by atoms with Crippen LogP contribution in [0.15, 0.2) is 47.4 Å². The molecule has 0 bridgehead atoms. The average Bonchev–Trinajstić information content (AvgIpc) is 2.75. The lowest BCUT2D eigenvalue weighted by atomic mass is 10.0. The predicted octanol–water partition coefficient (Wildman–Crippen LogP) is 2.83. The van der Waals surface area contributed by atoms with Crippen molar-refractivity contribution in [2.24, 2.45) is 0 Å². The molecule has 2 aliphatic rings. The predicted molar refractivity (Wildman–Crippen MR) is 107 cm³/mol. The molecule has 1 saturated heterocycles. The highest BCUT2D eigenvalue weighted by Gasteiger charge is 2.33. The second-order valence-electron chi connectivity index (χ2n) is 6.77. The summed E-state index contributed by atoms with van der Waals surface area (Å²) >= 11 is 1.64. The molecule has 1 fully saturated rings. The largest absolute Gasteiger partial charge is 0.486 e. The van der Waals surface area contributed by atoms with Crippen LogP contribution in [0.1, 0.15) is 16.8 Å². The lowest BCUT2D eigenvalue weighted by Crippen LogP contribution is -2.51. The molecule has 0 aromatic heterocycles. The SMILES string of the molecule is CSc1ccc(C(=O)N2CC[C@@H](Oc3cccc4c3OCCO4)[C@H](O)C2)cc1. The van der Waals surface area contributed by atoms with Gasteiger partial charge in [-0.3, -0.25) is 4.79 Å². The average molecular weight is 401 g/mol. The maximum atomic E-state index is 12.7. The number of aliphatic hydroxyl groups is 1. The summed E-state index contributed by atoms with van der Waals surface area (Å²) in [5, 5.41) is 10.6. The van der Waals surface area contributed by atoms with Crippen LogP contribution in [0, 0.1) is 0 Å². The van der Waals surface area contributed by atoms with Gasteiger partial charge in [-0.25, -0.2) is 0 Å². The van der Waals surface area contributed by atoms with Crippen molar-refractivity contribution in [3.8, 4) is 17.2 Å². The van der Waals surface area contributed by atoms with Crippen LogP contribution in [0.5, 0.6) is 17.2 Å². The highest BCUT2D eigenvalue weighted by molar-refractivity contribution is 7.98. The molecule has 0 radical (unpaired) electrons. The summed E-state index contributed by atoms with van der Waals surface area (Å²) in [6.07, 6.45) is 1.36. The molecule has 7 heteroatoms. The molecule has 1 amide bonds. The first-order valence-electron chi connectivity index (χ1n) is 9.32. The van der Waals surface area contributed by atoms with E-state index in [1.54, 1.807) is 16.7 Å². The van der Waals surface area contributed by atoms with E-state index in [1.165, 1.54) is 0 Å². The quantitative estimate of drug-likeness (QED) is 0.795. The van der Waals surface area contributed by atoms with Gasteiger partial charge in [0.25, 0.3) is 5.91 Å². The Kier molecular flexibility index (Phi) is 5.64. The molecule has 2 heterocycles. The Morgan fingerprint density at radius 1 is 1.18 bits per heavy atom. The first kappa shape index (κ1) is 19.0. The Morgan fingerprint density at radius 3 is 2.71 bits per heavy atom. The van der Waals surface area contributed by atoms with E-state index in [9.17, 15) is 9.90 Å². The number of likely N-dealkylation sites (tertiary alicyclic amines) is 1. The lowest BCUT2D eigenvalue weighted by Gasteiger charge is -2.36. The van der Waals surface area contributed by atoms with Crippen molar-refractivity contribution in [2.75, 3.05) is 32.6 Å². The van der Waals surface area contributed by atoms with Crippen molar-refractivity contribution in [1.82, 2.24) is 4.90 Å². The third-order valence-corrected chi connectivity index (χ3v) is 5.70. The van der Waals surface area contributed by atoms with Crippen LogP contribution in [-0.2, 0) is 0 Å². The monoisotopic (exact) mass is 401 g/mol. The highest BCUT2D eigenvalue weighted by atomic mass is 32.2. The van der Waals surface area contributed by atoms with Gasteiger partial charge in [-0.05, 0) is 42.7 Å². The summed E-state index contributed by atoms with van der Waals surface area (Å²) in [7, 11) is 0. The third-order valence-electron chi connectivity index (χ3n) is 4.95. The van der Waals surface area contributed by atoms with Crippen molar-refractivity contribution in [3.05, 3.63) is 48.0 Å². The van der Waals surface area contributed by atoms with Crippen LogP contribution in [0.2, 0.25) is 0 Å². The van der Waals surface area contributed by atoms with Crippen LogP contribution >= 0.6 is 11.8 Å². The van der Waals surface area contributed by atoms with Crippen LogP contribution in [-0.4, -0.2) is 60.7 Å². The molecule has 0 aliphatic carbocycles. The first-order valence-corrected chi connectivity index (χ1v) is 10.5. The second kappa shape index (κ2) is 8.32. The first-order chi connectivity index (χ1) is 13.7. The summed E-state index contributed by atoms with van der Waals surface area (Å²) in [6, 6.07) is 13.0. The van der Waals surface area contributed by atoms with Gasteiger partial charge in [-0.2, -0.15) is 0 Å². The van der Waals surface area contributed by atoms with Crippen LogP contribution in [0.4, 0.5) is 0 Å². The summed E-state index contributed by atoms with van der Waals surface area (Å²) in [4.78, 5) is 15.5. The molecule has 2 aromatic rings. The highest BCUT2D eigenvalue weighted by Crippen LogP contribution is 2.40. The number of para-hydroxylation sites is 1. The second-order valence-corrected chi connectivity index (χ2v) is 7.65. The summed E-state index contributed by atoms with van der Waals surface area (Å²) < 4.78 is 17.3. The van der Waals surface area contributed by atoms with E-state index in [4.69, 9.17) is 14.2 Å². The molecular formula is C21H23NO5S. The fourth-order valence-corrected chi connectivity index (χ4v) is 3.86. The van der Waals surface area contributed by atoms with E-state index >= 15 is 0 Å². The van der Waals surface area contributed by atoms with Crippen molar-refractivity contribution in [3.63, 3.8) is 0 Å². The molecule has 2 aromatic carbocycles. The summed E-state index contributed by atoms with van der Waals surface area (Å²) in [5.74, 6) is 1.72. The number of nitrogens with zero attached hydrogens (tertiary/aromatic N) is 1. The zero-order chi connectivity index (χ0) is 19.5. The molecule has 0 spiro atoms. The van der Waals surface area contributed by atoms with Crippen molar-refractivity contribution >= 4 is 17.7 Å². The van der Waals surface area contributed by atoms with E-state index in [0.717, 1.165) is 4.90 Å². The van der Waals surface area contributed by atoms with E-state index < -0.39 is 12.2 Å². The number of aliphatic hydroxyl groups excluding tert-OH is 1. The molecule has 28 heavy (non-hydrogen) atoms. The Bertz CT molecular complexity index is 841. The molecule has 0 saturated carbocycles. The number of piperidine rings is 1. The maximum Gasteiger partial charge on any atom is 0.253 e. The fraction of sp³-hybridized carbons (Fsp3) is 0.381. The number of hydrogen-bond donors (Lipinski definition) is 1. The number of thioether (sulfide) groups is 1. The number of benzene rings is 2. The molecular weight excluding hydrogens is 378 g/mol. The van der Waals surface area contributed by atoms with E-state index in [1.807, 2.05) is 48.7 Å². The Labute approximate surface area is 168 Å². The Hall–Kier alpha value is -2.38. The molecule has 148 valence electrons. The van der Waals surface area contributed by atoms with Crippen molar-refractivity contribution in [2.45, 2.75) is 23.5 Å². The van der Waals surface area contributed by atoms with E-state index in [2.05, 4.69) is 0 Å². The van der Waals surface area contributed by atoms with Crippen LogP contribution in [0.3, 0.4) is 0 Å². The van der Waals surface area contributed by atoms with Gasteiger partial charge < -0.3 is 24.2 Å². The van der Waals surface area contributed by atoms with Crippen molar-refractivity contribution < 1.29 is 24.1 Å². The van der Waals surface area contributed by atoms with Gasteiger partial charge in [0.15, 0.2) is 11.5 Å². The number of β-amino-alcohol motifs (C(OH)–C–C–N with tert-alkyl or cyclic N) is 1. The van der Waals surface area contributed by atoms with Crippen LogP contribution < -0.4 is 14.2 Å². The minimum absolute atomic E-state index is 0.0704. The van der Waals surface area contributed by atoms with E-state index in [-0.39, 0.29) is 12.5 Å². The van der Waals surface area contributed by atoms with Gasteiger partial charge >= 0.3 is 0 Å².